The van der Waals surface area contributed by atoms with Gasteiger partial charge in [-0.1, -0.05) is 35.9 Å². The molecule has 0 atom stereocenters. The first kappa shape index (κ1) is 20.6. The van der Waals surface area contributed by atoms with Crippen LogP contribution in [0.2, 0.25) is 5.02 Å². The van der Waals surface area contributed by atoms with E-state index < -0.39 is 0 Å². The SMILES string of the molecule is COc1cc(CNc2cccc(C)c2C)cc(Br)c1OCc1cccc(Cl)c1. The molecular formula is C23H23BrClNO2. The van der Waals surface area contributed by atoms with E-state index in [0.29, 0.717) is 29.7 Å². The summed E-state index contributed by atoms with van der Waals surface area (Å²) in [5.41, 5.74) is 5.77. The lowest BCUT2D eigenvalue weighted by atomic mass is 10.1. The second-order valence-corrected chi connectivity index (χ2v) is 7.92. The molecule has 0 saturated carbocycles. The topological polar surface area (TPSA) is 30.5 Å². The number of methoxy groups -OCH3 is 1. The van der Waals surface area contributed by atoms with Gasteiger partial charge in [0, 0.05) is 17.3 Å². The number of hydrogen-bond donors (Lipinski definition) is 1. The van der Waals surface area contributed by atoms with Gasteiger partial charge in [0.25, 0.3) is 0 Å². The zero-order chi connectivity index (χ0) is 20.1. The lowest BCUT2D eigenvalue weighted by molar-refractivity contribution is 0.282. The lowest BCUT2D eigenvalue weighted by Crippen LogP contribution is -2.04. The molecule has 0 unspecified atom stereocenters. The number of hydrogen-bond acceptors (Lipinski definition) is 3. The minimum Gasteiger partial charge on any atom is -0.493 e. The van der Waals surface area contributed by atoms with Crippen LogP contribution in [0.5, 0.6) is 11.5 Å². The first-order chi connectivity index (χ1) is 13.5. The first-order valence-corrected chi connectivity index (χ1v) is 10.2. The molecule has 5 heteroatoms. The van der Waals surface area contributed by atoms with Crippen LogP contribution in [0.15, 0.2) is 59.1 Å². The van der Waals surface area contributed by atoms with Gasteiger partial charge < -0.3 is 14.8 Å². The Bertz CT molecular complexity index is 975. The molecule has 0 aliphatic heterocycles. The first-order valence-electron chi connectivity index (χ1n) is 9.01. The van der Waals surface area contributed by atoms with Crippen molar-refractivity contribution in [2.75, 3.05) is 12.4 Å². The van der Waals surface area contributed by atoms with Crippen molar-refractivity contribution in [3.63, 3.8) is 0 Å². The van der Waals surface area contributed by atoms with Gasteiger partial charge in [0.1, 0.15) is 6.61 Å². The molecule has 3 nitrogen and oxygen atoms in total. The second kappa shape index (κ2) is 9.35. The van der Waals surface area contributed by atoms with E-state index in [2.05, 4.69) is 53.3 Å². The van der Waals surface area contributed by atoms with Crippen LogP contribution in [0.4, 0.5) is 5.69 Å². The van der Waals surface area contributed by atoms with Crippen molar-refractivity contribution in [1.29, 1.82) is 0 Å². The third kappa shape index (κ3) is 5.00. The number of aryl methyl sites for hydroxylation is 1. The fourth-order valence-electron chi connectivity index (χ4n) is 2.94. The van der Waals surface area contributed by atoms with Gasteiger partial charge in [-0.15, -0.1) is 0 Å². The van der Waals surface area contributed by atoms with Crippen LogP contribution >= 0.6 is 27.5 Å². The Morgan fingerprint density at radius 1 is 1.00 bits per heavy atom. The molecule has 1 N–H and O–H groups in total. The summed E-state index contributed by atoms with van der Waals surface area (Å²) < 4.78 is 12.4. The highest BCUT2D eigenvalue weighted by molar-refractivity contribution is 9.10. The number of halogens is 2. The number of nitrogens with one attached hydrogen (secondary N) is 1. The summed E-state index contributed by atoms with van der Waals surface area (Å²) in [5, 5.41) is 4.19. The molecule has 0 aliphatic rings. The number of benzene rings is 3. The van der Waals surface area contributed by atoms with E-state index in [1.54, 1.807) is 7.11 Å². The van der Waals surface area contributed by atoms with E-state index in [4.69, 9.17) is 21.1 Å². The monoisotopic (exact) mass is 459 g/mol. The maximum atomic E-state index is 6.05. The number of anilines is 1. The van der Waals surface area contributed by atoms with Crippen LogP contribution in [-0.2, 0) is 13.2 Å². The third-order valence-electron chi connectivity index (χ3n) is 4.65. The van der Waals surface area contributed by atoms with Gasteiger partial charge in [-0.3, -0.25) is 0 Å². The molecule has 0 bridgehead atoms. The molecule has 0 amide bonds. The average Bonchev–Trinajstić information content (AvgIpc) is 2.68. The Morgan fingerprint density at radius 3 is 2.54 bits per heavy atom. The van der Waals surface area contributed by atoms with E-state index in [1.807, 2.05) is 36.4 Å². The predicted octanol–water partition coefficient (Wildman–Crippen LogP) is 6.92. The Morgan fingerprint density at radius 2 is 1.79 bits per heavy atom. The summed E-state index contributed by atoms with van der Waals surface area (Å²) in [5.74, 6) is 1.37. The molecule has 28 heavy (non-hydrogen) atoms. The van der Waals surface area contributed by atoms with Crippen molar-refractivity contribution in [2.45, 2.75) is 27.0 Å². The van der Waals surface area contributed by atoms with E-state index in [9.17, 15) is 0 Å². The zero-order valence-electron chi connectivity index (χ0n) is 16.2. The summed E-state index contributed by atoms with van der Waals surface area (Å²) in [4.78, 5) is 0. The molecule has 0 aliphatic carbocycles. The fourth-order valence-corrected chi connectivity index (χ4v) is 3.75. The fraction of sp³-hybridized carbons (Fsp3) is 0.217. The van der Waals surface area contributed by atoms with E-state index in [-0.39, 0.29) is 0 Å². The lowest BCUT2D eigenvalue weighted by Gasteiger charge is -2.16. The Kier molecular flexibility index (Phi) is 6.87. The third-order valence-corrected chi connectivity index (χ3v) is 5.47. The van der Waals surface area contributed by atoms with Crippen LogP contribution in [0.3, 0.4) is 0 Å². The largest absolute Gasteiger partial charge is 0.493 e. The summed E-state index contributed by atoms with van der Waals surface area (Å²) in [6.45, 7) is 5.34. The highest BCUT2D eigenvalue weighted by Crippen LogP contribution is 2.37. The summed E-state index contributed by atoms with van der Waals surface area (Å²) in [6.07, 6.45) is 0. The predicted molar refractivity (Wildman–Crippen MR) is 120 cm³/mol. The molecule has 3 rings (SSSR count). The zero-order valence-corrected chi connectivity index (χ0v) is 18.5. The van der Waals surface area contributed by atoms with Crippen molar-refractivity contribution in [2.24, 2.45) is 0 Å². The number of rotatable bonds is 7. The summed E-state index contributed by atoms with van der Waals surface area (Å²) in [6, 6.07) is 18.0. The molecular weight excluding hydrogens is 438 g/mol. The van der Waals surface area contributed by atoms with E-state index >= 15 is 0 Å². The molecule has 3 aromatic rings. The second-order valence-electron chi connectivity index (χ2n) is 6.63. The summed E-state index contributed by atoms with van der Waals surface area (Å²) >= 11 is 9.67. The van der Waals surface area contributed by atoms with Crippen molar-refractivity contribution in [1.82, 2.24) is 0 Å². The molecule has 0 aromatic heterocycles. The maximum Gasteiger partial charge on any atom is 0.175 e. The van der Waals surface area contributed by atoms with Gasteiger partial charge >= 0.3 is 0 Å². The van der Waals surface area contributed by atoms with Gasteiger partial charge in [-0.2, -0.15) is 0 Å². The molecule has 0 heterocycles. The molecule has 0 spiro atoms. The Labute approximate surface area is 179 Å². The Balaban J connectivity index is 1.74. The quantitative estimate of drug-likeness (QED) is 0.415. The van der Waals surface area contributed by atoms with Crippen LogP contribution in [0.25, 0.3) is 0 Å². The van der Waals surface area contributed by atoms with Crippen molar-refractivity contribution >= 4 is 33.2 Å². The van der Waals surface area contributed by atoms with Gasteiger partial charge in [0.05, 0.1) is 11.6 Å². The molecule has 3 aromatic carbocycles. The molecule has 0 radical (unpaired) electrons. The van der Waals surface area contributed by atoms with Gasteiger partial charge in [-0.05, 0) is 82.4 Å². The van der Waals surface area contributed by atoms with E-state index in [1.165, 1.54) is 11.1 Å². The van der Waals surface area contributed by atoms with Gasteiger partial charge in [0.2, 0.25) is 0 Å². The van der Waals surface area contributed by atoms with Crippen molar-refractivity contribution < 1.29 is 9.47 Å². The molecule has 146 valence electrons. The standard InChI is InChI=1S/C23H23BrClNO2/c1-15-6-4-9-21(16(15)2)26-13-18-11-20(24)23(22(12-18)27-3)28-14-17-7-5-8-19(25)10-17/h4-12,26H,13-14H2,1-3H3. The Hall–Kier alpha value is -2.17. The number of ether oxygens (including phenoxy) is 2. The minimum atomic E-state index is 0.412. The maximum absolute atomic E-state index is 6.05. The summed E-state index contributed by atoms with van der Waals surface area (Å²) in [7, 11) is 1.65. The highest BCUT2D eigenvalue weighted by atomic mass is 79.9. The van der Waals surface area contributed by atoms with Crippen molar-refractivity contribution in [3.8, 4) is 11.5 Å². The van der Waals surface area contributed by atoms with Gasteiger partial charge in [0.15, 0.2) is 11.5 Å². The van der Waals surface area contributed by atoms with Crippen LogP contribution in [-0.4, -0.2) is 7.11 Å². The van der Waals surface area contributed by atoms with Crippen molar-refractivity contribution in [3.05, 3.63) is 86.3 Å². The molecule has 0 fully saturated rings. The van der Waals surface area contributed by atoms with Crippen LogP contribution in [0, 0.1) is 13.8 Å². The van der Waals surface area contributed by atoms with E-state index in [0.717, 1.165) is 21.3 Å². The average molecular weight is 461 g/mol. The van der Waals surface area contributed by atoms with Crippen LogP contribution in [0.1, 0.15) is 22.3 Å². The minimum absolute atomic E-state index is 0.412. The smallest absolute Gasteiger partial charge is 0.175 e. The van der Waals surface area contributed by atoms with Gasteiger partial charge in [-0.25, -0.2) is 0 Å². The van der Waals surface area contributed by atoms with Crippen LogP contribution < -0.4 is 14.8 Å². The highest BCUT2D eigenvalue weighted by Gasteiger charge is 2.12. The molecule has 0 saturated heterocycles. The normalized spacial score (nSPS) is 10.6.